The number of rotatable bonds is 1. The summed E-state index contributed by atoms with van der Waals surface area (Å²) in [5.41, 5.74) is 8.00. The third kappa shape index (κ3) is 1.78. The summed E-state index contributed by atoms with van der Waals surface area (Å²) in [6.45, 7) is 0. The minimum absolute atomic E-state index is 0.206. The molecule has 1 aromatic heterocycles. The summed E-state index contributed by atoms with van der Waals surface area (Å²) in [5, 5.41) is 2.03. The van der Waals surface area contributed by atoms with Crippen molar-refractivity contribution in [1.82, 2.24) is 4.98 Å². The van der Waals surface area contributed by atoms with Crippen LogP contribution in [0.2, 0.25) is 0 Å². The van der Waals surface area contributed by atoms with Crippen molar-refractivity contribution >= 4 is 27.9 Å². The highest BCUT2D eigenvalue weighted by molar-refractivity contribution is 6.04. The van der Waals surface area contributed by atoms with E-state index in [4.69, 9.17) is 5.73 Å². The first-order chi connectivity index (χ1) is 8.75. The SMILES string of the molecule is Nc1ncc(C2=CC(=O)CCC2)c2ccccc12. The van der Waals surface area contributed by atoms with Crippen molar-refractivity contribution in [3.8, 4) is 0 Å². The topological polar surface area (TPSA) is 56.0 Å². The van der Waals surface area contributed by atoms with Gasteiger partial charge in [-0.1, -0.05) is 24.3 Å². The first kappa shape index (κ1) is 11.0. The van der Waals surface area contributed by atoms with Gasteiger partial charge in [0.25, 0.3) is 0 Å². The molecule has 0 spiro atoms. The van der Waals surface area contributed by atoms with Crippen LogP contribution in [-0.2, 0) is 4.79 Å². The summed E-state index contributed by atoms with van der Waals surface area (Å²) in [6, 6.07) is 7.93. The molecule has 0 fully saturated rings. The van der Waals surface area contributed by atoms with Crippen molar-refractivity contribution in [1.29, 1.82) is 0 Å². The Kier molecular flexibility index (Phi) is 2.59. The fourth-order valence-corrected chi connectivity index (χ4v) is 2.47. The van der Waals surface area contributed by atoms with Gasteiger partial charge in [-0.05, 0) is 29.9 Å². The molecule has 0 radical (unpaired) electrons. The summed E-state index contributed by atoms with van der Waals surface area (Å²) in [5.74, 6) is 0.745. The number of aromatic nitrogens is 1. The van der Waals surface area contributed by atoms with Crippen LogP contribution in [0.5, 0.6) is 0 Å². The maximum atomic E-state index is 11.5. The molecule has 1 heterocycles. The molecule has 0 atom stereocenters. The van der Waals surface area contributed by atoms with Gasteiger partial charge in [-0.15, -0.1) is 0 Å². The van der Waals surface area contributed by atoms with E-state index < -0.39 is 0 Å². The molecule has 90 valence electrons. The fourth-order valence-electron chi connectivity index (χ4n) is 2.47. The van der Waals surface area contributed by atoms with Gasteiger partial charge in [0.2, 0.25) is 0 Å². The number of carbonyl (C=O) groups is 1. The van der Waals surface area contributed by atoms with Crippen LogP contribution in [0.3, 0.4) is 0 Å². The highest BCUT2D eigenvalue weighted by Gasteiger charge is 2.14. The average Bonchev–Trinajstić information content (AvgIpc) is 2.39. The van der Waals surface area contributed by atoms with E-state index in [1.807, 2.05) is 24.3 Å². The van der Waals surface area contributed by atoms with Gasteiger partial charge in [0.05, 0.1) is 0 Å². The molecule has 0 amide bonds. The lowest BCUT2D eigenvalue weighted by atomic mass is 9.91. The first-order valence-electron chi connectivity index (χ1n) is 6.13. The zero-order chi connectivity index (χ0) is 12.5. The molecule has 0 saturated carbocycles. The Morgan fingerprint density at radius 3 is 2.67 bits per heavy atom. The van der Waals surface area contributed by atoms with Gasteiger partial charge in [-0.2, -0.15) is 0 Å². The van der Waals surface area contributed by atoms with Crippen molar-refractivity contribution < 1.29 is 4.79 Å². The van der Waals surface area contributed by atoms with Crippen molar-refractivity contribution in [2.45, 2.75) is 19.3 Å². The van der Waals surface area contributed by atoms with Gasteiger partial charge in [-0.25, -0.2) is 4.98 Å². The second-order valence-electron chi connectivity index (χ2n) is 4.59. The Hall–Kier alpha value is -2.16. The molecule has 3 rings (SSSR count). The Morgan fingerprint density at radius 2 is 1.89 bits per heavy atom. The van der Waals surface area contributed by atoms with Gasteiger partial charge in [-0.3, -0.25) is 4.79 Å². The smallest absolute Gasteiger partial charge is 0.155 e. The number of allylic oxidation sites excluding steroid dienone is 2. The van der Waals surface area contributed by atoms with E-state index in [-0.39, 0.29) is 5.78 Å². The molecule has 0 saturated heterocycles. The number of anilines is 1. The van der Waals surface area contributed by atoms with Crippen LogP contribution in [0.4, 0.5) is 5.82 Å². The molecular weight excluding hydrogens is 224 g/mol. The monoisotopic (exact) mass is 238 g/mol. The molecule has 3 nitrogen and oxygen atoms in total. The number of ketones is 1. The largest absolute Gasteiger partial charge is 0.383 e. The molecular formula is C15H14N2O. The van der Waals surface area contributed by atoms with Gasteiger partial charge >= 0.3 is 0 Å². The summed E-state index contributed by atoms with van der Waals surface area (Å²) in [4.78, 5) is 15.8. The van der Waals surface area contributed by atoms with E-state index in [9.17, 15) is 4.79 Å². The minimum Gasteiger partial charge on any atom is -0.383 e. The molecule has 0 aliphatic heterocycles. The van der Waals surface area contributed by atoms with Crippen LogP contribution in [0.25, 0.3) is 16.3 Å². The molecule has 2 aromatic rings. The number of hydrogen-bond donors (Lipinski definition) is 1. The van der Waals surface area contributed by atoms with E-state index in [1.54, 1.807) is 12.3 Å². The van der Waals surface area contributed by atoms with Crippen LogP contribution in [-0.4, -0.2) is 10.8 Å². The molecule has 0 unspecified atom stereocenters. The zero-order valence-corrected chi connectivity index (χ0v) is 10.0. The second-order valence-corrected chi connectivity index (χ2v) is 4.59. The summed E-state index contributed by atoms with van der Waals surface area (Å²) in [6.07, 6.45) is 6.04. The van der Waals surface area contributed by atoms with E-state index in [1.165, 1.54) is 0 Å². The quantitative estimate of drug-likeness (QED) is 0.831. The molecule has 0 bridgehead atoms. The van der Waals surface area contributed by atoms with E-state index in [0.29, 0.717) is 12.2 Å². The van der Waals surface area contributed by atoms with Crippen LogP contribution in [0, 0.1) is 0 Å². The maximum Gasteiger partial charge on any atom is 0.155 e. The zero-order valence-electron chi connectivity index (χ0n) is 10.0. The highest BCUT2D eigenvalue weighted by Crippen LogP contribution is 2.31. The molecule has 1 aliphatic rings. The minimum atomic E-state index is 0.206. The van der Waals surface area contributed by atoms with Crippen LogP contribution >= 0.6 is 0 Å². The van der Waals surface area contributed by atoms with Crippen molar-refractivity contribution in [3.63, 3.8) is 0 Å². The first-order valence-corrected chi connectivity index (χ1v) is 6.13. The van der Waals surface area contributed by atoms with E-state index in [2.05, 4.69) is 4.98 Å². The second kappa shape index (κ2) is 4.26. The summed E-state index contributed by atoms with van der Waals surface area (Å²) >= 11 is 0. The van der Waals surface area contributed by atoms with Crippen molar-refractivity contribution in [2.24, 2.45) is 0 Å². The number of fused-ring (bicyclic) bond motifs is 1. The summed E-state index contributed by atoms with van der Waals surface area (Å²) < 4.78 is 0. The highest BCUT2D eigenvalue weighted by atomic mass is 16.1. The van der Waals surface area contributed by atoms with E-state index in [0.717, 1.165) is 34.8 Å². The Balaban J connectivity index is 2.24. The van der Waals surface area contributed by atoms with Gasteiger partial charge in [0.15, 0.2) is 5.78 Å². The lowest BCUT2D eigenvalue weighted by molar-refractivity contribution is -0.114. The number of nitrogens with zero attached hydrogens (tertiary/aromatic N) is 1. The number of benzene rings is 1. The molecule has 1 aliphatic carbocycles. The Bertz CT molecular complexity index is 659. The lowest BCUT2D eigenvalue weighted by Gasteiger charge is -2.14. The van der Waals surface area contributed by atoms with Gasteiger partial charge in [0, 0.05) is 23.6 Å². The number of nitrogens with two attached hydrogens (primary N) is 1. The third-order valence-corrected chi connectivity index (χ3v) is 3.38. The molecule has 2 N–H and O–H groups in total. The van der Waals surface area contributed by atoms with Crippen molar-refractivity contribution in [2.75, 3.05) is 5.73 Å². The number of nitrogen functional groups attached to an aromatic ring is 1. The number of pyridine rings is 1. The van der Waals surface area contributed by atoms with Crippen molar-refractivity contribution in [3.05, 3.63) is 42.1 Å². The standard InChI is InChI=1S/C15H14N2O/c16-15-13-7-2-1-6-12(13)14(9-17-15)10-4-3-5-11(18)8-10/h1-2,6-9H,3-5H2,(H2,16,17). The van der Waals surface area contributed by atoms with Crippen LogP contribution in [0.1, 0.15) is 24.8 Å². The molecule has 1 aromatic carbocycles. The maximum absolute atomic E-state index is 11.5. The van der Waals surface area contributed by atoms with Crippen LogP contribution < -0.4 is 5.73 Å². The molecule has 18 heavy (non-hydrogen) atoms. The predicted molar refractivity (Wildman–Crippen MR) is 73.0 cm³/mol. The lowest BCUT2D eigenvalue weighted by Crippen LogP contribution is -2.03. The third-order valence-electron chi connectivity index (χ3n) is 3.38. The molecule has 3 heteroatoms. The fraction of sp³-hybridized carbons (Fsp3) is 0.200. The number of hydrogen-bond acceptors (Lipinski definition) is 3. The van der Waals surface area contributed by atoms with Gasteiger partial charge < -0.3 is 5.73 Å². The van der Waals surface area contributed by atoms with Crippen LogP contribution in [0.15, 0.2) is 36.5 Å². The number of carbonyl (C=O) groups excluding carboxylic acids is 1. The summed E-state index contributed by atoms with van der Waals surface area (Å²) in [7, 11) is 0. The average molecular weight is 238 g/mol. The van der Waals surface area contributed by atoms with E-state index >= 15 is 0 Å². The Labute approximate surface area is 105 Å². The Morgan fingerprint density at radius 1 is 1.11 bits per heavy atom. The van der Waals surface area contributed by atoms with Gasteiger partial charge in [0.1, 0.15) is 5.82 Å². The predicted octanol–water partition coefficient (Wildman–Crippen LogP) is 2.95. The normalized spacial score (nSPS) is 15.8.